The van der Waals surface area contributed by atoms with E-state index in [1.807, 2.05) is 26.1 Å². The summed E-state index contributed by atoms with van der Waals surface area (Å²) in [6, 6.07) is 3.82. The lowest BCUT2D eigenvalue weighted by atomic mass is 10.1. The van der Waals surface area contributed by atoms with Gasteiger partial charge in [-0.25, -0.2) is 0 Å². The summed E-state index contributed by atoms with van der Waals surface area (Å²) < 4.78 is 5.39. The standard InChI is InChI=1S/C9H15NO2/c1-7-3-4-9(12-7)8(6-11)5-10-2/h3-4,8,10-11H,5-6H2,1-2H3. The molecular weight excluding hydrogens is 154 g/mol. The van der Waals surface area contributed by atoms with Crippen LogP contribution in [0.15, 0.2) is 16.5 Å². The summed E-state index contributed by atoms with van der Waals surface area (Å²) in [7, 11) is 1.86. The smallest absolute Gasteiger partial charge is 0.110 e. The van der Waals surface area contributed by atoms with Gasteiger partial charge in [0.25, 0.3) is 0 Å². The lowest BCUT2D eigenvalue weighted by Gasteiger charge is -2.09. The van der Waals surface area contributed by atoms with Crippen LogP contribution in [-0.4, -0.2) is 25.3 Å². The monoisotopic (exact) mass is 169 g/mol. The number of aryl methyl sites for hydroxylation is 1. The number of furan rings is 1. The van der Waals surface area contributed by atoms with Gasteiger partial charge in [-0.2, -0.15) is 0 Å². The minimum absolute atomic E-state index is 0.0729. The Morgan fingerprint density at radius 1 is 1.58 bits per heavy atom. The van der Waals surface area contributed by atoms with Crippen LogP contribution >= 0.6 is 0 Å². The van der Waals surface area contributed by atoms with Gasteiger partial charge >= 0.3 is 0 Å². The SMILES string of the molecule is CNCC(CO)c1ccc(C)o1. The Morgan fingerprint density at radius 3 is 2.75 bits per heavy atom. The maximum atomic E-state index is 9.02. The van der Waals surface area contributed by atoms with Crippen molar-refractivity contribution in [2.24, 2.45) is 0 Å². The molecule has 1 heterocycles. The van der Waals surface area contributed by atoms with Gasteiger partial charge < -0.3 is 14.8 Å². The Hall–Kier alpha value is -0.800. The van der Waals surface area contributed by atoms with Gasteiger partial charge in [0.15, 0.2) is 0 Å². The molecule has 0 aliphatic carbocycles. The molecule has 0 aliphatic rings. The van der Waals surface area contributed by atoms with E-state index < -0.39 is 0 Å². The molecule has 0 aromatic carbocycles. The molecule has 2 N–H and O–H groups in total. The van der Waals surface area contributed by atoms with E-state index in [0.29, 0.717) is 0 Å². The first-order valence-electron chi connectivity index (χ1n) is 4.09. The molecule has 1 aromatic heterocycles. The second kappa shape index (κ2) is 4.28. The highest BCUT2D eigenvalue weighted by molar-refractivity contribution is 5.10. The molecule has 0 bridgehead atoms. The number of rotatable bonds is 4. The van der Waals surface area contributed by atoms with Crippen LogP contribution in [0.2, 0.25) is 0 Å². The van der Waals surface area contributed by atoms with Gasteiger partial charge in [0.05, 0.1) is 12.5 Å². The zero-order valence-corrected chi connectivity index (χ0v) is 7.50. The van der Waals surface area contributed by atoms with Crippen molar-refractivity contribution in [3.63, 3.8) is 0 Å². The second-order valence-corrected chi connectivity index (χ2v) is 2.89. The number of nitrogens with one attached hydrogen (secondary N) is 1. The third-order valence-electron chi connectivity index (χ3n) is 1.83. The van der Waals surface area contributed by atoms with Crippen LogP contribution in [-0.2, 0) is 0 Å². The van der Waals surface area contributed by atoms with Crippen molar-refractivity contribution >= 4 is 0 Å². The maximum Gasteiger partial charge on any atom is 0.110 e. The first-order chi connectivity index (χ1) is 5.77. The Kier molecular flexibility index (Phi) is 3.31. The summed E-state index contributed by atoms with van der Waals surface area (Å²) in [5, 5.41) is 12.0. The summed E-state index contributed by atoms with van der Waals surface area (Å²) in [6.07, 6.45) is 0. The predicted octanol–water partition coefficient (Wildman–Crippen LogP) is 0.883. The Morgan fingerprint density at radius 2 is 2.33 bits per heavy atom. The van der Waals surface area contributed by atoms with Crippen molar-refractivity contribution in [2.45, 2.75) is 12.8 Å². The third-order valence-corrected chi connectivity index (χ3v) is 1.83. The molecule has 1 unspecified atom stereocenters. The third kappa shape index (κ3) is 2.09. The van der Waals surface area contributed by atoms with Crippen molar-refractivity contribution in [2.75, 3.05) is 20.2 Å². The van der Waals surface area contributed by atoms with Gasteiger partial charge in [0, 0.05) is 6.54 Å². The van der Waals surface area contributed by atoms with E-state index in [1.165, 1.54) is 0 Å². The molecule has 0 amide bonds. The summed E-state index contributed by atoms with van der Waals surface area (Å²) >= 11 is 0. The van der Waals surface area contributed by atoms with Crippen LogP contribution in [0, 0.1) is 6.92 Å². The van der Waals surface area contributed by atoms with E-state index >= 15 is 0 Å². The molecule has 0 radical (unpaired) electrons. The molecule has 1 aromatic rings. The number of aliphatic hydroxyl groups is 1. The predicted molar refractivity (Wildman–Crippen MR) is 47.2 cm³/mol. The normalized spacial score (nSPS) is 13.2. The lowest BCUT2D eigenvalue weighted by molar-refractivity contribution is 0.246. The van der Waals surface area contributed by atoms with Crippen LogP contribution in [0.25, 0.3) is 0 Å². The average Bonchev–Trinajstić information content (AvgIpc) is 2.47. The minimum atomic E-state index is 0.0729. The number of aliphatic hydroxyl groups excluding tert-OH is 1. The van der Waals surface area contributed by atoms with Crippen molar-refractivity contribution in [1.29, 1.82) is 0 Å². The molecule has 1 atom stereocenters. The summed E-state index contributed by atoms with van der Waals surface area (Å²) in [6.45, 7) is 2.76. The highest BCUT2D eigenvalue weighted by Gasteiger charge is 2.12. The van der Waals surface area contributed by atoms with Gasteiger partial charge in [-0.15, -0.1) is 0 Å². The Bertz CT molecular complexity index is 232. The number of likely N-dealkylation sites (N-methyl/N-ethyl adjacent to an activating group) is 1. The van der Waals surface area contributed by atoms with Crippen molar-refractivity contribution in [1.82, 2.24) is 5.32 Å². The molecule has 3 heteroatoms. The molecular formula is C9H15NO2. The zero-order chi connectivity index (χ0) is 8.97. The molecule has 0 saturated carbocycles. The minimum Gasteiger partial charge on any atom is -0.466 e. The quantitative estimate of drug-likeness (QED) is 0.703. The van der Waals surface area contributed by atoms with E-state index in [2.05, 4.69) is 5.32 Å². The highest BCUT2D eigenvalue weighted by atomic mass is 16.3. The van der Waals surface area contributed by atoms with Gasteiger partial charge in [-0.05, 0) is 26.1 Å². The summed E-state index contributed by atoms with van der Waals surface area (Å²) in [4.78, 5) is 0. The Labute approximate surface area is 72.4 Å². The molecule has 0 spiro atoms. The van der Waals surface area contributed by atoms with Crippen LogP contribution in [0.1, 0.15) is 17.4 Å². The second-order valence-electron chi connectivity index (χ2n) is 2.89. The first-order valence-corrected chi connectivity index (χ1v) is 4.09. The van der Waals surface area contributed by atoms with E-state index in [9.17, 15) is 0 Å². The lowest BCUT2D eigenvalue weighted by Crippen LogP contribution is -2.19. The van der Waals surface area contributed by atoms with Crippen molar-refractivity contribution in [3.05, 3.63) is 23.7 Å². The topological polar surface area (TPSA) is 45.4 Å². The van der Waals surface area contributed by atoms with E-state index in [0.717, 1.165) is 18.1 Å². The molecule has 1 rings (SSSR count). The largest absolute Gasteiger partial charge is 0.466 e. The molecule has 68 valence electrons. The summed E-state index contributed by atoms with van der Waals surface area (Å²) in [5.41, 5.74) is 0. The number of hydrogen-bond acceptors (Lipinski definition) is 3. The average molecular weight is 169 g/mol. The van der Waals surface area contributed by atoms with Crippen molar-refractivity contribution < 1.29 is 9.52 Å². The molecule has 3 nitrogen and oxygen atoms in total. The van der Waals surface area contributed by atoms with Gasteiger partial charge in [-0.3, -0.25) is 0 Å². The van der Waals surface area contributed by atoms with Crippen LogP contribution < -0.4 is 5.32 Å². The maximum absolute atomic E-state index is 9.02. The summed E-state index contributed by atoms with van der Waals surface area (Å²) in [5.74, 6) is 1.81. The van der Waals surface area contributed by atoms with Gasteiger partial charge in [-0.1, -0.05) is 0 Å². The highest BCUT2D eigenvalue weighted by Crippen LogP contribution is 2.16. The van der Waals surface area contributed by atoms with Gasteiger partial charge in [0.2, 0.25) is 0 Å². The van der Waals surface area contributed by atoms with Crippen molar-refractivity contribution in [3.8, 4) is 0 Å². The van der Waals surface area contributed by atoms with E-state index in [4.69, 9.17) is 9.52 Å². The fourth-order valence-electron chi connectivity index (χ4n) is 1.17. The number of hydrogen-bond donors (Lipinski definition) is 2. The molecule has 0 fully saturated rings. The molecule has 12 heavy (non-hydrogen) atoms. The Balaban J connectivity index is 2.66. The van der Waals surface area contributed by atoms with Crippen LogP contribution in [0.3, 0.4) is 0 Å². The van der Waals surface area contributed by atoms with Crippen LogP contribution in [0.5, 0.6) is 0 Å². The zero-order valence-electron chi connectivity index (χ0n) is 7.50. The molecule has 0 aliphatic heterocycles. The fourth-order valence-corrected chi connectivity index (χ4v) is 1.17. The fraction of sp³-hybridized carbons (Fsp3) is 0.556. The first kappa shape index (κ1) is 9.29. The van der Waals surface area contributed by atoms with Crippen LogP contribution in [0.4, 0.5) is 0 Å². The van der Waals surface area contributed by atoms with E-state index in [1.54, 1.807) is 0 Å². The molecule has 0 saturated heterocycles. The van der Waals surface area contributed by atoms with Gasteiger partial charge in [0.1, 0.15) is 11.5 Å². The van der Waals surface area contributed by atoms with E-state index in [-0.39, 0.29) is 12.5 Å².